The highest BCUT2D eigenvalue weighted by Gasteiger charge is 2.15. The van der Waals surface area contributed by atoms with Crippen LogP contribution in [0.2, 0.25) is 5.02 Å². The summed E-state index contributed by atoms with van der Waals surface area (Å²) in [5, 5.41) is 12.1. The number of rotatable bonds is 7. The van der Waals surface area contributed by atoms with Crippen LogP contribution in [0.4, 0.5) is 5.82 Å². The molecule has 1 aromatic heterocycles. The average molecular weight is 340 g/mol. The van der Waals surface area contributed by atoms with Crippen molar-refractivity contribution >= 4 is 29.2 Å². The van der Waals surface area contributed by atoms with E-state index in [0.717, 1.165) is 0 Å². The molecule has 0 radical (unpaired) electrons. The van der Waals surface area contributed by atoms with Gasteiger partial charge in [0, 0.05) is 13.1 Å². The summed E-state index contributed by atoms with van der Waals surface area (Å²) in [5.74, 6) is -0.557. The predicted octanol–water partition coefficient (Wildman–Crippen LogP) is 0.230. The van der Waals surface area contributed by atoms with Crippen LogP contribution in [0.15, 0.2) is 28.9 Å². The molecule has 0 saturated carbocycles. The number of halogens is 1. The molecular formula is C13H14ClN5O4. The number of anilines is 1. The molecule has 2 amide bonds. The molecule has 0 spiro atoms. The highest BCUT2D eigenvalue weighted by molar-refractivity contribution is 6.32. The van der Waals surface area contributed by atoms with Gasteiger partial charge in [-0.1, -0.05) is 23.7 Å². The maximum absolute atomic E-state index is 11.6. The molecule has 2 rings (SSSR count). The summed E-state index contributed by atoms with van der Waals surface area (Å²) in [6.45, 7) is 0.211. The molecule has 0 aliphatic heterocycles. The van der Waals surface area contributed by atoms with E-state index in [1.165, 1.54) is 0 Å². The highest BCUT2D eigenvalue weighted by Crippen LogP contribution is 2.22. The Bertz CT molecular complexity index is 691. The second kappa shape index (κ2) is 7.99. The van der Waals surface area contributed by atoms with Gasteiger partial charge in [0.25, 0.3) is 11.8 Å². The largest absolute Gasteiger partial charge is 0.482 e. The number of carbonyl (C=O) groups is 2. The standard InChI is InChI=1S/C13H14ClN5O4/c14-8-3-1-2-4-9(8)22-7-10(20)16-5-6-17-13(21)11-12(15)19-23-18-11/h1-4H,5-7H2,(H2,15,19)(H,16,20)(H,17,21). The lowest BCUT2D eigenvalue weighted by molar-refractivity contribution is -0.123. The van der Waals surface area contributed by atoms with Crippen LogP contribution in [0.5, 0.6) is 5.75 Å². The van der Waals surface area contributed by atoms with Crippen LogP contribution in [0.1, 0.15) is 10.5 Å². The number of carbonyl (C=O) groups excluding carboxylic acids is 2. The lowest BCUT2D eigenvalue weighted by Gasteiger charge is -2.08. The fourth-order valence-electron chi connectivity index (χ4n) is 1.57. The molecule has 1 aromatic carbocycles. The second-order valence-corrected chi connectivity index (χ2v) is 4.73. The van der Waals surface area contributed by atoms with Crippen LogP contribution >= 0.6 is 11.6 Å². The minimum absolute atomic E-state index is 0.0975. The van der Waals surface area contributed by atoms with Crippen LogP contribution in [0.3, 0.4) is 0 Å². The SMILES string of the molecule is Nc1nonc1C(=O)NCCNC(=O)COc1ccccc1Cl. The van der Waals surface area contributed by atoms with Gasteiger partial charge in [-0.05, 0) is 22.4 Å². The van der Waals surface area contributed by atoms with Gasteiger partial charge in [-0.2, -0.15) is 0 Å². The number of hydrogen-bond acceptors (Lipinski definition) is 7. The summed E-state index contributed by atoms with van der Waals surface area (Å²) in [6, 6.07) is 6.83. The minimum Gasteiger partial charge on any atom is -0.482 e. The lowest BCUT2D eigenvalue weighted by Crippen LogP contribution is -2.37. The molecule has 10 heteroatoms. The zero-order valence-corrected chi connectivity index (χ0v) is 12.7. The van der Waals surface area contributed by atoms with Gasteiger partial charge < -0.3 is 21.1 Å². The number of nitrogens with two attached hydrogens (primary N) is 1. The van der Waals surface area contributed by atoms with Crippen molar-refractivity contribution in [3.8, 4) is 5.75 Å². The Morgan fingerprint density at radius 3 is 2.65 bits per heavy atom. The number of para-hydroxylation sites is 1. The third kappa shape index (κ3) is 4.85. The molecule has 0 fully saturated rings. The fourth-order valence-corrected chi connectivity index (χ4v) is 1.76. The Kier molecular flexibility index (Phi) is 5.75. The first kappa shape index (κ1) is 16.6. The first-order valence-corrected chi connectivity index (χ1v) is 6.96. The highest BCUT2D eigenvalue weighted by atomic mass is 35.5. The molecule has 0 saturated heterocycles. The van der Waals surface area contributed by atoms with Gasteiger partial charge in [0.05, 0.1) is 5.02 Å². The molecule has 0 unspecified atom stereocenters. The Morgan fingerprint density at radius 2 is 1.96 bits per heavy atom. The van der Waals surface area contributed by atoms with E-state index in [2.05, 4.69) is 25.6 Å². The van der Waals surface area contributed by atoms with Gasteiger partial charge >= 0.3 is 0 Å². The van der Waals surface area contributed by atoms with Crippen molar-refractivity contribution in [2.75, 3.05) is 25.4 Å². The summed E-state index contributed by atoms with van der Waals surface area (Å²) < 4.78 is 9.58. The van der Waals surface area contributed by atoms with E-state index in [1.807, 2.05) is 0 Å². The Balaban J connectivity index is 1.64. The van der Waals surface area contributed by atoms with Crippen molar-refractivity contribution < 1.29 is 19.0 Å². The molecule has 9 nitrogen and oxygen atoms in total. The van der Waals surface area contributed by atoms with Gasteiger partial charge in [-0.3, -0.25) is 9.59 Å². The second-order valence-electron chi connectivity index (χ2n) is 4.32. The third-order valence-corrected chi connectivity index (χ3v) is 2.97. The topological polar surface area (TPSA) is 132 Å². The molecule has 1 heterocycles. The van der Waals surface area contributed by atoms with E-state index in [0.29, 0.717) is 10.8 Å². The van der Waals surface area contributed by atoms with Crippen LogP contribution in [-0.2, 0) is 4.79 Å². The number of nitrogens with zero attached hydrogens (tertiary/aromatic N) is 2. The van der Waals surface area contributed by atoms with E-state index >= 15 is 0 Å². The first-order chi connectivity index (χ1) is 11.1. The maximum atomic E-state index is 11.6. The molecular weight excluding hydrogens is 326 g/mol. The number of benzene rings is 1. The van der Waals surface area contributed by atoms with Gasteiger partial charge in [-0.15, -0.1) is 0 Å². The molecule has 4 N–H and O–H groups in total. The number of amides is 2. The number of nitrogens with one attached hydrogen (secondary N) is 2. The summed E-state index contributed by atoms with van der Waals surface area (Å²) >= 11 is 5.90. The summed E-state index contributed by atoms with van der Waals surface area (Å²) in [7, 11) is 0. The van der Waals surface area contributed by atoms with Gasteiger partial charge in [-0.25, -0.2) is 4.63 Å². The summed E-state index contributed by atoms with van der Waals surface area (Å²) in [4.78, 5) is 23.2. The molecule has 0 atom stereocenters. The molecule has 0 aliphatic carbocycles. The number of nitrogen functional groups attached to an aromatic ring is 1. The maximum Gasteiger partial charge on any atom is 0.277 e. The van der Waals surface area contributed by atoms with Crippen LogP contribution in [0, 0.1) is 0 Å². The van der Waals surface area contributed by atoms with Crippen LogP contribution in [-0.4, -0.2) is 41.8 Å². The van der Waals surface area contributed by atoms with Gasteiger partial charge in [0.15, 0.2) is 6.61 Å². The predicted molar refractivity (Wildman–Crippen MR) is 81.0 cm³/mol. The third-order valence-electron chi connectivity index (χ3n) is 2.66. The Hall–Kier alpha value is -2.81. The van der Waals surface area contributed by atoms with E-state index in [9.17, 15) is 9.59 Å². The fraction of sp³-hybridized carbons (Fsp3) is 0.231. The van der Waals surface area contributed by atoms with E-state index in [1.54, 1.807) is 24.3 Å². The zero-order chi connectivity index (χ0) is 16.7. The monoisotopic (exact) mass is 339 g/mol. The average Bonchev–Trinajstić information content (AvgIpc) is 2.97. The molecule has 23 heavy (non-hydrogen) atoms. The van der Waals surface area contributed by atoms with Crippen LogP contribution < -0.4 is 21.1 Å². The number of aromatic nitrogens is 2. The molecule has 0 bridgehead atoms. The Labute approximate surface area is 136 Å². The van der Waals surface area contributed by atoms with Crippen molar-refractivity contribution in [3.05, 3.63) is 35.0 Å². The number of ether oxygens (including phenoxy) is 1. The Morgan fingerprint density at radius 1 is 1.22 bits per heavy atom. The zero-order valence-electron chi connectivity index (χ0n) is 11.9. The van der Waals surface area contributed by atoms with Crippen molar-refractivity contribution in [3.63, 3.8) is 0 Å². The number of hydrogen-bond donors (Lipinski definition) is 3. The summed E-state index contributed by atoms with van der Waals surface area (Å²) in [5.41, 5.74) is 5.28. The van der Waals surface area contributed by atoms with Gasteiger partial charge in [0.2, 0.25) is 11.5 Å². The van der Waals surface area contributed by atoms with E-state index in [-0.39, 0.29) is 37.1 Å². The van der Waals surface area contributed by atoms with E-state index in [4.69, 9.17) is 22.1 Å². The normalized spacial score (nSPS) is 10.1. The van der Waals surface area contributed by atoms with Crippen molar-refractivity contribution in [2.45, 2.75) is 0 Å². The molecule has 2 aromatic rings. The van der Waals surface area contributed by atoms with Crippen molar-refractivity contribution in [1.82, 2.24) is 20.9 Å². The summed E-state index contributed by atoms with van der Waals surface area (Å²) in [6.07, 6.45) is 0. The molecule has 0 aliphatic rings. The van der Waals surface area contributed by atoms with Crippen LogP contribution in [0.25, 0.3) is 0 Å². The minimum atomic E-state index is -0.537. The van der Waals surface area contributed by atoms with E-state index < -0.39 is 5.91 Å². The molecule has 122 valence electrons. The first-order valence-electron chi connectivity index (χ1n) is 6.58. The smallest absolute Gasteiger partial charge is 0.277 e. The van der Waals surface area contributed by atoms with Crippen molar-refractivity contribution in [2.24, 2.45) is 0 Å². The quantitative estimate of drug-likeness (QED) is 0.615. The van der Waals surface area contributed by atoms with Gasteiger partial charge in [0.1, 0.15) is 5.75 Å². The lowest BCUT2D eigenvalue weighted by atomic mass is 10.3. The van der Waals surface area contributed by atoms with Crippen molar-refractivity contribution in [1.29, 1.82) is 0 Å².